The number of carbonyl (C=O) groups excluding carboxylic acids is 1. The van der Waals surface area contributed by atoms with Crippen LogP contribution >= 0.6 is 0 Å². The molecule has 0 fully saturated rings. The number of amides is 1. The number of carboxylic acid groups (broad SMARTS) is 1. The number of aliphatic hydroxyl groups is 1. The molecular weight excluding hydrogens is 200 g/mol. The highest BCUT2D eigenvalue weighted by atomic mass is 16.4. The first-order chi connectivity index (χ1) is 6.97. The molecule has 6 nitrogen and oxygen atoms in total. The molecule has 15 heavy (non-hydrogen) atoms. The van der Waals surface area contributed by atoms with Gasteiger partial charge in [0.25, 0.3) is 0 Å². The molecule has 0 aromatic carbocycles. The van der Waals surface area contributed by atoms with Gasteiger partial charge in [-0.05, 0) is 19.8 Å². The van der Waals surface area contributed by atoms with E-state index in [0.29, 0.717) is 12.8 Å². The molecule has 0 bridgehead atoms. The third-order valence-electron chi connectivity index (χ3n) is 1.88. The molecule has 0 aliphatic rings. The molecule has 2 atom stereocenters. The monoisotopic (exact) mass is 218 g/mol. The average molecular weight is 218 g/mol. The lowest BCUT2D eigenvalue weighted by molar-refractivity contribution is -0.142. The van der Waals surface area contributed by atoms with E-state index in [2.05, 4.69) is 5.32 Å². The molecule has 0 heterocycles. The first kappa shape index (κ1) is 13.9. The van der Waals surface area contributed by atoms with Gasteiger partial charge in [-0.2, -0.15) is 0 Å². The Morgan fingerprint density at radius 3 is 2.47 bits per heavy atom. The zero-order valence-electron chi connectivity index (χ0n) is 8.77. The van der Waals surface area contributed by atoms with Gasteiger partial charge in [-0.1, -0.05) is 0 Å². The Bertz CT molecular complexity index is 218. The fraction of sp³-hybridized carbons (Fsp3) is 0.778. The number of nitrogens with one attached hydrogen (secondary N) is 1. The summed E-state index contributed by atoms with van der Waals surface area (Å²) in [6.07, 6.45) is 1.55. The summed E-state index contributed by atoms with van der Waals surface area (Å²) < 4.78 is 0. The zero-order chi connectivity index (χ0) is 11.8. The van der Waals surface area contributed by atoms with Crippen LogP contribution < -0.4 is 11.1 Å². The summed E-state index contributed by atoms with van der Waals surface area (Å²) in [6, 6.07) is -1.18. The highest BCUT2D eigenvalue weighted by Gasteiger charge is 2.18. The second-order valence-corrected chi connectivity index (χ2v) is 3.51. The van der Waals surface area contributed by atoms with Crippen molar-refractivity contribution in [3.63, 3.8) is 0 Å². The van der Waals surface area contributed by atoms with Gasteiger partial charge in [0.15, 0.2) is 0 Å². The molecule has 0 aromatic rings. The average Bonchev–Trinajstić information content (AvgIpc) is 2.13. The SMILES string of the molecule is CC(N)CCCC(=O)N[C@H](CO)C(=O)O. The number of nitrogens with two attached hydrogens (primary N) is 1. The van der Waals surface area contributed by atoms with E-state index in [1.807, 2.05) is 6.92 Å². The summed E-state index contributed by atoms with van der Waals surface area (Å²) in [5.41, 5.74) is 5.49. The molecule has 0 rings (SSSR count). The Labute approximate surface area is 88.5 Å². The first-order valence-electron chi connectivity index (χ1n) is 4.86. The maximum atomic E-state index is 11.2. The lowest BCUT2D eigenvalue weighted by Gasteiger charge is -2.11. The first-order valence-corrected chi connectivity index (χ1v) is 4.86. The largest absolute Gasteiger partial charge is 0.480 e. The minimum atomic E-state index is -1.24. The summed E-state index contributed by atoms with van der Waals surface area (Å²) in [6.45, 7) is 1.24. The molecule has 1 unspecified atom stereocenters. The van der Waals surface area contributed by atoms with Crippen LogP contribution in [0, 0.1) is 0 Å². The van der Waals surface area contributed by atoms with E-state index in [1.54, 1.807) is 0 Å². The molecule has 0 aliphatic carbocycles. The van der Waals surface area contributed by atoms with Gasteiger partial charge in [-0.25, -0.2) is 4.79 Å². The fourth-order valence-electron chi connectivity index (χ4n) is 1.04. The van der Waals surface area contributed by atoms with Crippen LogP contribution in [0.25, 0.3) is 0 Å². The molecule has 0 saturated heterocycles. The van der Waals surface area contributed by atoms with Gasteiger partial charge in [0.2, 0.25) is 5.91 Å². The van der Waals surface area contributed by atoms with Crippen LogP contribution in [0.1, 0.15) is 26.2 Å². The molecule has 0 aromatic heterocycles. The minimum Gasteiger partial charge on any atom is -0.480 e. The van der Waals surface area contributed by atoms with Crippen LogP contribution in [0.5, 0.6) is 0 Å². The Hall–Kier alpha value is -1.14. The highest BCUT2D eigenvalue weighted by molar-refractivity contribution is 5.83. The van der Waals surface area contributed by atoms with Gasteiger partial charge >= 0.3 is 5.97 Å². The Kier molecular flexibility index (Phi) is 6.64. The van der Waals surface area contributed by atoms with Crippen LogP contribution in [0.4, 0.5) is 0 Å². The maximum Gasteiger partial charge on any atom is 0.328 e. The number of hydrogen-bond donors (Lipinski definition) is 4. The van der Waals surface area contributed by atoms with Crippen LogP contribution in [-0.4, -0.2) is 40.8 Å². The molecule has 0 saturated carbocycles. The molecule has 5 N–H and O–H groups in total. The molecule has 0 radical (unpaired) electrons. The van der Waals surface area contributed by atoms with Gasteiger partial charge in [0, 0.05) is 12.5 Å². The third-order valence-corrected chi connectivity index (χ3v) is 1.88. The van der Waals surface area contributed by atoms with Gasteiger partial charge in [0.1, 0.15) is 6.04 Å². The normalized spacial score (nSPS) is 14.3. The van der Waals surface area contributed by atoms with Gasteiger partial charge < -0.3 is 21.3 Å². The summed E-state index contributed by atoms with van der Waals surface area (Å²) in [5, 5.41) is 19.4. The molecule has 1 amide bonds. The van der Waals surface area contributed by atoms with Crippen molar-refractivity contribution in [1.82, 2.24) is 5.32 Å². The van der Waals surface area contributed by atoms with Crippen molar-refractivity contribution in [2.75, 3.05) is 6.61 Å². The predicted octanol–water partition coefficient (Wildman–Crippen LogP) is -0.934. The molecule has 6 heteroatoms. The van der Waals surface area contributed by atoms with Crippen molar-refractivity contribution >= 4 is 11.9 Å². The van der Waals surface area contributed by atoms with Crippen LogP contribution in [0.3, 0.4) is 0 Å². The number of aliphatic carboxylic acids is 1. The zero-order valence-corrected chi connectivity index (χ0v) is 8.77. The van der Waals surface area contributed by atoms with E-state index in [0.717, 1.165) is 0 Å². The van der Waals surface area contributed by atoms with E-state index in [4.69, 9.17) is 15.9 Å². The number of carboxylic acids is 1. The predicted molar refractivity (Wildman–Crippen MR) is 54.2 cm³/mol. The van der Waals surface area contributed by atoms with Gasteiger partial charge in [-0.3, -0.25) is 4.79 Å². The van der Waals surface area contributed by atoms with Crippen LogP contribution in [0.2, 0.25) is 0 Å². The topological polar surface area (TPSA) is 113 Å². The number of aliphatic hydroxyl groups excluding tert-OH is 1. The lowest BCUT2D eigenvalue weighted by Crippen LogP contribution is -2.43. The van der Waals surface area contributed by atoms with Crippen LogP contribution in [-0.2, 0) is 9.59 Å². The summed E-state index contributed by atoms with van der Waals surface area (Å²) >= 11 is 0. The van der Waals surface area contributed by atoms with Gasteiger partial charge in [-0.15, -0.1) is 0 Å². The van der Waals surface area contributed by atoms with Gasteiger partial charge in [0.05, 0.1) is 6.61 Å². The molecule has 88 valence electrons. The van der Waals surface area contributed by atoms with E-state index < -0.39 is 18.6 Å². The number of carbonyl (C=O) groups is 2. The van der Waals surface area contributed by atoms with E-state index in [9.17, 15) is 9.59 Å². The van der Waals surface area contributed by atoms with Crippen molar-refractivity contribution in [3.05, 3.63) is 0 Å². The second-order valence-electron chi connectivity index (χ2n) is 3.51. The smallest absolute Gasteiger partial charge is 0.328 e. The van der Waals surface area contributed by atoms with Crippen molar-refractivity contribution in [3.8, 4) is 0 Å². The molecule has 0 aliphatic heterocycles. The van der Waals surface area contributed by atoms with E-state index in [1.165, 1.54) is 0 Å². The van der Waals surface area contributed by atoms with E-state index in [-0.39, 0.29) is 18.4 Å². The Balaban J connectivity index is 3.77. The molecular formula is C9H18N2O4. The van der Waals surface area contributed by atoms with Crippen molar-refractivity contribution < 1.29 is 19.8 Å². The third kappa shape index (κ3) is 6.87. The summed E-state index contributed by atoms with van der Waals surface area (Å²) in [5.74, 6) is -1.62. The fourth-order valence-corrected chi connectivity index (χ4v) is 1.04. The standard InChI is InChI=1S/C9H18N2O4/c1-6(10)3-2-4-8(13)11-7(5-12)9(14)15/h6-7,12H,2-5,10H2,1H3,(H,11,13)(H,14,15)/t6?,7-/m1/s1. The second kappa shape index (κ2) is 7.19. The maximum absolute atomic E-state index is 11.2. The van der Waals surface area contributed by atoms with Crippen molar-refractivity contribution in [2.24, 2.45) is 5.73 Å². The summed E-state index contributed by atoms with van der Waals surface area (Å²) in [7, 11) is 0. The van der Waals surface area contributed by atoms with Crippen molar-refractivity contribution in [2.45, 2.75) is 38.3 Å². The summed E-state index contributed by atoms with van der Waals surface area (Å²) in [4.78, 5) is 21.6. The minimum absolute atomic E-state index is 0.0333. The van der Waals surface area contributed by atoms with Crippen LogP contribution in [0.15, 0.2) is 0 Å². The molecule has 0 spiro atoms. The Morgan fingerprint density at radius 1 is 1.47 bits per heavy atom. The van der Waals surface area contributed by atoms with Crippen molar-refractivity contribution in [1.29, 1.82) is 0 Å². The quantitative estimate of drug-likeness (QED) is 0.441. The Morgan fingerprint density at radius 2 is 2.07 bits per heavy atom. The number of hydrogen-bond acceptors (Lipinski definition) is 4. The van der Waals surface area contributed by atoms with E-state index >= 15 is 0 Å². The highest BCUT2D eigenvalue weighted by Crippen LogP contribution is 1.98. The lowest BCUT2D eigenvalue weighted by atomic mass is 10.1. The number of rotatable bonds is 7.